The molecule has 1 aliphatic rings. The number of ether oxygens (including phenoxy) is 1. The highest BCUT2D eigenvalue weighted by molar-refractivity contribution is 6.03. The molecule has 3 aromatic rings. The van der Waals surface area contributed by atoms with Crippen LogP contribution in [0.5, 0.6) is 0 Å². The minimum absolute atomic E-state index is 0.00517. The van der Waals surface area contributed by atoms with Crippen LogP contribution in [-0.2, 0) is 4.74 Å². The Labute approximate surface area is 224 Å². The molecule has 0 unspecified atom stereocenters. The van der Waals surface area contributed by atoms with Gasteiger partial charge < -0.3 is 19.4 Å². The highest BCUT2D eigenvalue weighted by Crippen LogP contribution is 2.37. The number of fused-ring (bicyclic) bond motifs is 1. The summed E-state index contributed by atoms with van der Waals surface area (Å²) in [4.78, 5) is 31.8. The first-order chi connectivity index (χ1) is 18.0. The van der Waals surface area contributed by atoms with Crippen LogP contribution in [0, 0.1) is 5.82 Å². The number of halogens is 1. The summed E-state index contributed by atoms with van der Waals surface area (Å²) in [6.45, 7) is 12.0. The molecule has 0 spiro atoms. The van der Waals surface area contributed by atoms with Crippen LogP contribution in [0.15, 0.2) is 43.0 Å². The largest absolute Gasteiger partial charge is 0.444 e. The molecule has 38 heavy (non-hydrogen) atoms. The molecule has 2 heterocycles. The molecule has 2 aromatic heterocycles. The van der Waals surface area contributed by atoms with Crippen molar-refractivity contribution in [3.8, 4) is 11.1 Å². The molecule has 1 N–H and O–H groups in total. The van der Waals surface area contributed by atoms with E-state index in [4.69, 9.17) is 4.74 Å². The van der Waals surface area contributed by atoms with Gasteiger partial charge in [-0.2, -0.15) is 0 Å². The summed E-state index contributed by atoms with van der Waals surface area (Å²) in [7, 11) is 0. The summed E-state index contributed by atoms with van der Waals surface area (Å²) in [6, 6.07) is 6.65. The minimum Gasteiger partial charge on any atom is -0.444 e. The van der Waals surface area contributed by atoms with Crippen LogP contribution in [0.25, 0.3) is 16.6 Å². The average Bonchev–Trinajstić information content (AvgIpc) is 3.32. The van der Waals surface area contributed by atoms with Crippen molar-refractivity contribution >= 4 is 17.5 Å². The third-order valence-electron chi connectivity index (χ3n) is 7.19. The van der Waals surface area contributed by atoms with Gasteiger partial charge in [-0.1, -0.05) is 6.07 Å². The Morgan fingerprint density at radius 1 is 1.16 bits per heavy atom. The molecule has 1 aromatic carbocycles. The fraction of sp³-hybridized carbons (Fsp3) is 0.500. The summed E-state index contributed by atoms with van der Waals surface area (Å²) in [5.74, 6) is -0.332. The maximum atomic E-state index is 14.4. The van der Waals surface area contributed by atoms with Crippen LogP contribution < -0.4 is 5.32 Å². The van der Waals surface area contributed by atoms with Gasteiger partial charge in [0.1, 0.15) is 11.4 Å². The van der Waals surface area contributed by atoms with Crippen molar-refractivity contribution in [2.45, 2.75) is 90.8 Å². The number of amides is 2. The third-order valence-corrected chi connectivity index (χ3v) is 7.19. The number of pyridine rings is 1. The number of aromatic nitrogens is 2. The number of hydrogen-bond donors (Lipinski definition) is 1. The molecule has 1 saturated carbocycles. The number of benzene rings is 1. The quantitative estimate of drug-likeness (QED) is 0.398. The van der Waals surface area contributed by atoms with Crippen LogP contribution >= 0.6 is 0 Å². The second-order valence-electron chi connectivity index (χ2n) is 11.4. The monoisotopic (exact) mass is 522 g/mol. The number of carbonyl (C=O) groups is 2. The Balaban J connectivity index is 1.63. The van der Waals surface area contributed by atoms with E-state index < -0.39 is 11.4 Å². The second kappa shape index (κ2) is 11.1. The van der Waals surface area contributed by atoms with Crippen LogP contribution in [0.3, 0.4) is 0 Å². The fourth-order valence-corrected chi connectivity index (χ4v) is 5.37. The number of carbonyl (C=O) groups excluding carboxylic acids is 2. The van der Waals surface area contributed by atoms with E-state index in [0.29, 0.717) is 23.6 Å². The van der Waals surface area contributed by atoms with Gasteiger partial charge in [-0.3, -0.25) is 4.79 Å². The predicted octanol–water partition coefficient (Wildman–Crippen LogP) is 6.56. The van der Waals surface area contributed by atoms with E-state index in [0.717, 1.165) is 42.3 Å². The smallest absolute Gasteiger partial charge is 0.407 e. The highest BCUT2D eigenvalue weighted by Gasteiger charge is 2.27. The molecule has 204 valence electrons. The van der Waals surface area contributed by atoms with Crippen molar-refractivity contribution in [1.82, 2.24) is 19.6 Å². The van der Waals surface area contributed by atoms with Gasteiger partial charge in [-0.05, 0) is 102 Å². The highest BCUT2D eigenvalue weighted by atomic mass is 19.1. The lowest BCUT2D eigenvalue weighted by molar-refractivity contribution is 0.0490. The topological polar surface area (TPSA) is 75.9 Å². The van der Waals surface area contributed by atoms with Gasteiger partial charge in [0, 0.05) is 30.4 Å². The Morgan fingerprint density at radius 3 is 2.50 bits per heavy atom. The Bertz CT molecular complexity index is 1300. The van der Waals surface area contributed by atoms with E-state index in [2.05, 4.69) is 22.6 Å². The molecule has 8 heteroatoms. The van der Waals surface area contributed by atoms with Crippen LogP contribution in [-0.4, -0.2) is 50.5 Å². The normalized spacial score (nSPS) is 18.0. The zero-order chi connectivity index (χ0) is 27.6. The molecular formula is C30H39FN4O3. The molecule has 0 bridgehead atoms. The molecule has 0 atom stereocenters. The lowest BCUT2D eigenvalue weighted by Crippen LogP contribution is -2.40. The van der Waals surface area contributed by atoms with Gasteiger partial charge in [0.05, 0.1) is 23.6 Å². The summed E-state index contributed by atoms with van der Waals surface area (Å²) < 4.78 is 21.8. The van der Waals surface area contributed by atoms with E-state index in [1.165, 1.54) is 12.1 Å². The number of imidazole rings is 1. The molecule has 4 rings (SSSR count). The van der Waals surface area contributed by atoms with Crippen molar-refractivity contribution in [3.05, 3.63) is 59.9 Å². The van der Waals surface area contributed by atoms with Gasteiger partial charge >= 0.3 is 6.09 Å². The maximum absolute atomic E-state index is 14.4. The third kappa shape index (κ3) is 6.17. The lowest BCUT2D eigenvalue weighted by atomic mass is 9.81. The van der Waals surface area contributed by atoms with Crippen molar-refractivity contribution in [2.75, 3.05) is 6.54 Å². The predicted molar refractivity (Wildman–Crippen MR) is 147 cm³/mol. The SMILES string of the molecule is CCN(C(=O)c1cc(F)ccc1-c1cc(C2CCC(NC(=O)OC(C)(C)C)CC2)cn2cncc12)C(C)C. The number of nitrogens with zero attached hydrogens (tertiary/aromatic N) is 3. The van der Waals surface area contributed by atoms with Crippen molar-refractivity contribution in [2.24, 2.45) is 0 Å². The summed E-state index contributed by atoms with van der Waals surface area (Å²) in [5, 5.41) is 3.01. The average molecular weight is 523 g/mol. The fourth-order valence-electron chi connectivity index (χ4n) is 5.37. The number of rotatable bonds is 6. The van der Waals surface area contributed by atoms with E-state index in [9.17, 15) is 14.0 Å². The van der Waals surface area contributed by atoms with E-state index in [-0.39, 0.29) is 24.1 Å². The van der Waals surface area contributed by atoms with E-state index in [1.54, 1.807) is 23.5 Å². The van der Waals surface area contributed by atoms with Crippen LogP contribution in [0.4, 0.5) is 9.18 Å². The van der Waals surface area contributed by atoms with Crippen molar-refractivity contribution in [1.29, 1.82) is 0 Å². The Kier molecular flexibility index (Phi) is 8.09. The molecule has 7 nitrogen and oxygen atoms in total. The first-order valence-electron chi connectivity index (χ1n) is 13.5. The number of nitrogens with one attached hydrogen (secondary N) is 1. The van der Waals surface area contributed by atoms with Crippen LogP contribution in [0.1, 0.15) is 89.1 Å². The molecule has 2 amide bonds. The molecule has 1 aliphatic carbocycles. The molecular weight excluding hydrogens is 483 g/mol. The minimum atomic E-state index is -0.526. The summed E-state index contributed by atoms with van der Waals surface area (Å²) in [5.41, 5.74) is 3.38. The summed E-state index contributed by atoms with van der Waals surface area (Å²) in [6.07, 6.45) is 8.77. The van der Waals surface area contributed by atoms with E-state index in [1.807, 2.05) is 45.9 Å². The van der Waals surface area contributed by atoms with Crippen LogP contribution in [0.2, 0.25) is 0 Å². The Morgan fingerprint density at radius 2 is 1.87 bits per heavy atom. The molecule has 0 aliphatic heterocycles. The molecule has 1 fully saturated rings. The van der Waals surface area contributed by atoms with Gasteiger partial charge in [0.15, 0.2) is 0 Å². The number of hydrogen-bond acceptors (Lipinski definition) is 4. The molecule has 0 saturated heterocycles. The maximum Gasteiger partial charge on any atom is 0.407 e. The van der Waals surface area contributed by atoms with Gasteiger partial charge in [-0.15, -0.1) is 0 Å². The van der Waals surface area contributed by atoms with Gasteiger partial charge in [0.25, 0.3) is 5.91 Å². The molecule has 0 radical (unpaired) electrons. The zero-order valence-corrected chi connectivity index (χ0v) is 23.3. The Hall–Kier alpha value is -3.42. The number of alkyl carbamates (subject to hydrolysis) is 1. The zero-order valence-electron chi connectivity index (χ0n) is 23.3. The van der Waals surface area contributed by atoms with Gasteiger partial charge in [0.2, 0.25) is 0 Å². The second-order valence-corrected chi connectivity index (χ2v) is 11.4. The van der Waals surface area contributed by atoms with Gasteiger partial charge in [-0.25, -0.2) is 14.2 Å². The summed E-state index contributed by atoms with van der Waals surface area (Å²) >= 11 is 0. The van der Waals surface area contributed by atoms with Crippen molar-refractivity contribution < 1.29 is 18.7 Å². The first-order valence-corrected chi connectivity index (χ1v) is 13.5. The standard InChI is InChI=1S/C30H39FN4O3/c1-7-35(19(2)3)28(36)26-15-22(31)10-13-24(26)25-14-21(17-34-18-32-16-27(25)34)20-8-11-23(12-9-20)33-29(37)38-30(4,5)6/h10,13-20,23H,7-9,11-12H2,1-6H3,(H,33,37). The lowest BCUT2D eigenvalue weighted by Gasteiger charge is -2.30. The van der Waals surface area contributed by atoms with E-state index >= 15 is 0 Å². The first kappa shape index (κ1) is 27.6. The van der Waals surface area contributed by atoms with Crippen molar-refractivity contribution in [3.63, 3.8) is 0 Å².